The highest BCUT2D eigenvalue weighted by atomic mass is 16.3. The van der Waals surface area contributed by atoms with E-state index in [1.165, 1.54) is 0 Å². The monoisotopic (exact) mass is 400 g/mol. The zero-order valence-electron chi connectivity index (χ0n) is 16.9. The molecule has 0 bridgehead atoms. The lowest BCUT2D eigenvalue weighted by atomic mass is 9.91. The Hall–Kier alpha value is -3.32. The molecule has 2 atom stereocenters. The van der Waals surface area contributed by atoms with Gasteiger partial charge in [0.05, 0.1) is 5.52 Å². The predicted octanol–water partition coefficient (Wildman–Crippen LogP) is 3.38. The SMILES string of the molecule is Cn1ccnc1C(O)C1CCCN(c2nc(-c3ccncc3)nc3ccccc23)C1. The van der Waals surface area contributed by atoms with Gasteiger partial charge < -0.3 is 14.6 Å². The van der Waals surface area contributed by atoms with Crippen LogP contribution in [-0.2, 0) is 7.05 Å². The summed E-state index contributed by atoms with van der Waals surface area (Å²) in [6, 6.07) is 12.0. The minimum atomic E-state index is -0.597. The summed E-state index contributed by atoms with van der Waals surface area (Å²) in [6.45, 7) is 1.63. The van der Waals surface area contributed by atoms with Gasteiger partial charge in [0.25, 0.3) is 0 Å². The molecule has 0 radical (unpaired) electrons. The first kappa shape index (κ1) is 18.7. The van der Waals surface area contributed by atoms with E-state index in [4.69, 9.17) is 9.97 Å². The number of hydrogen-bond acceptors (Lipinski definition) is 6. The Labute approximate surface area is 175 Å². The highest BCUT2D eigenvalue weighted by Crippen LogP contribution is 2.34. The number of rotatable bonds is 4. The maximum Gasteiger partial charge on any atom is 0.162 e. The molecule has 4 heterocycles. The Balaban J connectivity index is 1.52. The molecule has 3 aromatic heterocycles. The number of aryl methyl sites for hydroxylation is 1. The Morgan fingerprint density at radius 2 is 1.90 bits per heavy atom. The fraction of sp³-hybridized carbons (Fsp3) is 0.304. The summed E-state index contributed by atoms with van der Waals surface area (Å²) in [5.74, 6) is 2.42. The molecule has 2 unspecified atom stereocenters. The second kappa shape index (κ2) is 7.84. The van der Waals surface area contributed by atoms with E-state index in [9.17, 15) is 5.11 Å². The summed E-state index contributed by atoms with van der Waals surface area (Å²) >= 11 is 0. The van der Waals surface area contributed by atoms with Crippen LogP contribution in [0.5, 0.6) is 0 Å². The third kappa shape index (κ3) is 3.41. The molecule has 0 saturated carbocycles. The molecule has 1 saturated heterocycles. The van der Waals surface area contributed by atoms with Crippen LogP contribution in [0.25, 0.3) is 22.3 Å². The van der Waals surface area contributed by atoms with Crippen LogP contribution >= 0.6 is 0 Å². The van der Waals surface area contributed by atoms with Crippen molar-refractivity contribution in [2.24, 2.45) is 13.0 Å². The van der Waals surface area contributed by atoms with Gasteiger partial charge in [-0.25, -0.2) is 15.0 Å². The standard InChI is InChI=1S/C23H24N6O/c1-28-14-12-25-23(28)20(30)17-5-4-13-29(15-17)22-18-6-2-3-7-19(18)26-21(27-22)16-8-10-24-11-9-16/h2-3,6-12,14,17,20,30H,4-5,13,15H2,1H3. The normalized spacial score (nSPS) is 17.9. The van der Waals surface area contributed by atoms with Gasteiger partial charge in [-0.15, -0.1) is 0 Å². The lowest BCUT2D eigenvalue weighted by molar-refractivity contribution is 0.0874. The Morgan fingerprint density at radius 3 is 2.70 bits per heavy atom. The van der Waals surface area contributed by atoms with Crippen molar-refractivity contribution in [1.82, 2.24) is 24.5 Å². The quantitative estimate of drug-likeness (QED) is 0.566. The molecule has 1 aromatic carbocycles. The first-order chi connectivity index (χ1) is 14.7. The number of benzene rings is 1. The predicted molar refractivity (Wildman–Crippen MR) is 116 cm³/mol. The molecule has 30 heavy (non-hydrogen) atoms. The van der Waals surface area contributed by atoms with Crippen molar-refractivity contribution in [2.75, 3.05) is 18.0 Å². The van der Waals surface area contributed by atoms with Crippen molar-refractivity contribution in [2.45, 2.75) is 18.9 Å². The number of hydrogen-bond donors (Lipinski definition) is 1. The van der Waals surface area contributed by atoms with Crippen molar-refractivity contribution in [3.8, 4) is 11.4 Å². The molecule has 1 aliphatic rings. The minimum Gasteiger partial charge on any atom is -0.385 e. The van der Waals surface area contributed by atoms with Gasteiger partial charge in [0.1, 0.15) is 17.7 Å². The molecule has 0 amide bonds. The number of piperidine rings is 1. The van der Waals surface area contributed by atoms with E-state index in [1.807, 2.05) is 48.1 Å². The average Bonchev–Trinajstić information content (AvgIpc) is 3.24. The second-order valence-corrected chi connectivity index (χ2v) is 7.81. The molecule has 7 heteroatoms. The molecule has 5 rings (SSSR count). The number of aliphatic hydroxyl groups is 1. The largest absolute Gasteiger partial charge is 0.385 e. The van der Waals surface area contributed by atoms with Crippen LogP contribution in [0.15, 0.2) is 61.2 Å². The van der Waals surface area contributed by atoms with E-state index >= 15 is 0 Å². The van der Waals surface area contributed by atoms with Gasteiger partial charge in [-0.2, -0.15) is 0 Å². The molecule has 1 N–H and O–H groups in total. The molecule has 0 aliphatic carbocycles. The van der Waals surface area contributed by atoms with Crippen LogP contribution in [0.3, 0.4) is 0 Å². The molecule has 0 spiro atoms. The molecule has 7 nitrogen and oxygen atoms in total. The van der Waals surface area contributed by atoms with Crippen molar-refractivity contribution in [1.29, 1.82) is 0 Å². The smallest absolute Gasteiger partial charge is 0.162 e. The lowest BCUT2D eigenvalue weighted by Gasteiger charge is -2.36. The maximum atomic E-state index is 11.0. The van der Waals surface area contributed by atoms with Crippen molar-refractivity contribution in [3.63, 3.8) is 0 Å². The van der Waals surface area contributed by atoms with Gasteiger partial charge in [0.15, 0.2) is 5.82 Å². The number of nitrogens with zero attached hydrogens (tertiary/aromatic N) is 6. The summed E-state index contributed by atoms with van der Waals surface area (Å²) < 4.78 is 1.89. The van der Waals surface area contributed by atoms with E-state index in [0.29, 0.717) is 11.6 Å². The molecular weight excluding hydrogens is 376 g/mol. The number of imidazole rings is 1. The molecule has 4 aromatic rings. The summed E-state index contributed by atoms with van der Waals surface area (Å²) in [5, 5.41) is 12.0. The minimum absolute atomic E-state index is 0.0953. The fourth-order valence-corrected chi connectivity index (χ4v) is 4.26. The van der Waals surface area contributed by atoms with E-state index in [0.717, 1.165) is 48.2 Å². The van der Waals surface area contributed by atoms with Gasteiger partial charge in [-0.3, -0.25) is 4.98 Å². The highest BCUT2D eigenvalue weighted by molar-refractivity contribution is 5.91. The molecule has 1 fully saturated rings. The van der Waals surface area contributed by atoms with Crippen LogP contribution in [0.1, 0.15) is 24.8 Å². The summed E-state index contributed by atoms with van der Waals surface area (Å²) in [6.07, 6.45) is 8.48. The number of pyridine rings is 1. The Bertz CT molecular complexity index is 1160. The fourth-order valence-electron chi connectivity index (χ4n) is 4.26. The van der Waals surface area contributed by atoms with Crippen LogP contribution in [0.2, 0.25) is 0 Å². The van der Waals surface area contributed by atoms with E-state index < -0.39 is 6.10 Å². The zero-order chi connectivity index (χ0) is 20.5. The van der Waals surface area contributed by atoms with E-state index in [1.54, 1.807) is 18.6 Å². The third-order valence-electron chi connectivity index (χ3n) is 5.85. The van der Waals surface area contributed by atoms with Crippen LogP contribution in [0, 0.1) is 5.92 Å². The molecule has 152 valence electrons. The second-order valence-electron chi connectivity index (χ2n) is 7.81. The van der Waals surface area contributed by atoms with Crippen LogP contribution in [-0.4, -0.2) is 42.7 Å². The number of anilines is 1. The van der Waals surface area contributed by atoms with Gasteiger partial charge in [0, 0.05) is 61.8 Å². The third-order valence-corrected chi connectivity index (χ3v) is 5.85. The van der Waals surface area contributed by atoms with Crippen LogP contribution in [0.4, 0.5) is 5.82 Å². The van der Waals surface area contributed by atoms with Gasteiger partial charge in [0.2, 0.25) is 0 Å². The number of para-hydroxylation sites is 1. The summed E-state index contributed by atoms with van der Waals surface area (Å²) in [5.41, 5.74) is 1.86. The first-order valence-electron chi connectivity index (χ1n) is 10.3. The van der Waals surface area contributed by atoms with Crippen LogP contribution < -0.4 is 4.90 Å². The van der Waals surface area contributed by atoms with Crippen molar-refractivity contribution in [3.05, 3.63) is 67.0 Å². The van der Waals surface area contributed by atoms with E-state index in [2.05, 4.69) is 20.9 Å². The summed E-state index contributed by atoms with van der Waals surface area (Å²) in [7, 11) is 1.92. The number of aliphatic hydroxyl groups excluding tert-OH is 1. The lowest BCUT2D eigenvalue weighted by Crippen LogP contribution is -2.39. The van der Waals surface area contributed by atoms with Gasteiger partial charge in [-0.05, 0) is 37.1 Å². The first-order valence-corrected chi connectivity index (χ1v) is 10.3. The summed E-state index contributed by atoms with van der Waals surface area (Å²) in [4.78, 5) is 20.5. The molecule has 1 aliphatic heterocycles. The Kier molecular flexibility index (Phi) is 4.88. The van der Waals surface area contributed by atoms with Crippen molar-refractivity contribution < 1.29 is 5.11 Å². The highest BCUT2D eigenvalue weighted by Gasteiger charge is 2.30. The molecular formula is C23H24N6O. The Morgan fingerprint density at radius 1 is 1.07 bits per heavy atom. The van der Waals surface area contributed by atoms with Gasteiger partial charge >= 0.3 is 0 Å². The maximum absolute atomic E-state index is 11.0. The van der Waals surface area contributed by atoms with E-state index in [-0.39, 0.29) is 5.92 Å². The van der Waals surface area contributed by atoms with Crippen molar-refractivity contribution >= 4 is 16.7 Å². The number of fused-ring (bicyclic) bond motifs is 1. The topological polar surface area (TPSA) is 80.0 Å². The zero-order valence-corrected chi connectivity index (χ0v) is 16.9. The average molecular weight is 400 g/mol. The van der Waals surface area contributed by atoms with Gasteiger partial charge in [-0.1, -0.05) is 12.1 Å². The number of aromatic nitrogens is 5.